The lowest BCUT2D eigenvalue weighted by molar-refractivity contribution is -0.105. The molecule has 0 unspecified atom stereocenters. The average Bonchev–Trinajstić information content (AvgIpc) is 2.26. The Hall–Kier alpha value is -1.87. The van der Waals surface area contributed by atoms with E-state index in [4.69, 9.17) is 4.55 Å². The number of carbonyl (C=O) groups excluding carboxylic acids is 1. The van der Waals surface area contributed by atoms with Crippen molar-refractivity contribution in [1.29, 1.82) is 0 Å². The highest BCUT2D eigenvalue weighted by molar-refractivity contribution is 7.85. The molecule has 0 spiro atoms. The molecule has 9 heteroatoms. The van der Waals surface area contributed by atoms with E-state index in [1.165, 1.54) is 14.0 Å². The zero-order valence-corrected chi connectivity index (χ0v) is 10.5. The number of hydrogen-bond donors (Lipinski definition) is 3. The zero-order valence-electron chi connectivity index (χ0n) is 9.67. The van der Waals surface area contributed by atoms with Gasteiger partial charge in [-0.25, -0.2) is 0 Å². The van der Waals surface area contributed by atoms with Crippen LogP contribution in [-0.4, -0.2) is 29.1 Å². The second kappa shape index (κ2) is 4.78. The van der Waals surface area contributed by atoms with Crippen molar-refractivity contribution in [3.05, 3.63) is 21.5 Å². The van der Waals surface area contributed by atoms with Gasteiger partial charge in [-0.2, -0.15) is 8.42 Å². The van der Waals surface area contributed by atoms with Gasteiger partial charge >= 0.3 is 0 Å². The number of anilines is 1. The van der Waals surface area contributed by atoms with Crippen LogP contribution >= 0.6 is 0 Å². The van der Waals surface area contributed by atoms with Crippen LogP contribution in [0.4, 0.5) is 5.69 Å². The second-order valence-electron chi connectivity index (χ2n) is 3.65. The van der Waals surface area contributed by atoms with Crippen LogP contribution in [0.25, 0.3) is 0 Å². The van der Waals surface area contributed by atoms with Crippen molar-refractivity contribution >= 4 is 22.2 Å². The first kappa shape index (κ1) is 14.2. The quantitative estimate of drug-likeness (QED) is 0.496. The third-order valence-corrected chi connectivity index (χ3v) is 3.12. The van der Waals surface area contributed by atoms with Gasteiger partial charge < -0.3 is 10.4 Å². The molecule has 1 heterocycles. The Morgan fingerprint density at radius 1 is 1.44 bits per heavy atom. The molecule has 0 atom stereocenters. The first-order valence-corrected chi connectivity index (χ1v) is 6.36. The zero-order chi connectivity index (χ0) is 14.1. The molecule has 0 aromatic carbocycles. The van der Waals surface area contributed by atoms with Crippen LogP contribution in [0.2, 0.25) is 0 Å². The van der Waals surface area contributed by atoms with E-state index in [2.05, 4.69) is 5.32 Å². The third-order valence-electron chi connectivity index (χ3n) is 2.46. The van der Waals surface area contributed by atoms with E-state index < -0.39 is 27.3 Å². The van der Waals surface area contributed by atoms with E-state index in [-0.39, 0.29) is 23.2 Å². The predicted octanol–water partition coefficient (Wildman–Crippen LogP) is -0.645. The maximum Gasteiger partial charge on any atom is 0.269 e. The predicted molar refractivity (Wildman–Crippen MR) is 63.0 cm³/mol. The van der Waals surface area contributed by atoms with Crippen LogP contribution in [0.5, 0.6) is 5.88 Å². The Morgan fingerprint density at radius 2 is 2.00 bits per heavy atom. The Morgan fingerprint density at radius 3 is 2.44 bits per heavy atom. The van der Waals surface area contributed by atoms with Crippen molar-refractivity contribution in [3.63, 3.8) is 0 Å². The summed E-state index contributed by atoms with van der Waals surface area (Å²) in [5, 5.41) is 11.8. The summed E-state index contributed by atoms with van der Waals surface area (Å²) in [6.07, 6.45) is 0.282. The molecule has 0 aliphatic heterocycles. The minimum Gasteiger partial charge on any atom is -0.493 e. The van der Waals surface area contributed by atoms with Crippen LogP contribution < -0.4 is 10.9 Å². The lowest BCUT2D eigenvalue weighted by atomic mass is 10.1. The Bertz CT molecular complexity index is 646. The number of carbonyl (C=O) groups is 1. The number of pyridine rings is 1. The third kappa shape index (κ3) is 2.68. The van der Waals surface area contributed by atoms with Gasteiger partial charge in [0.2, 0.25) is 12.3 Å². The summed E-state index contributed by atoms with van der Waals surface area (Å²) in [4.78, 5) is 22.2. The first-order valence-electron chi connectivity index (χ1n) is 4.75. The molecule has 1 aromatic rings. The van der Waals surface area contributed by atoms with Crippen molar-refractivity contribution < 1.29 is 22.9 Å². The van der Waals surface area contributed by atoms with Gasteiger partial charge in [0, 0.05) is 12.6 Å². The van der Waals surface area contributed by atoms with Gasteiger partial charge in [0.05, 0.1) is 0 Å². The molecule has 0 saturated heterocycles. The highest BCUT2D eigenvalue weighted by atomic mass is 32.2. The van der Waals surface area contributed by atoms with Crippen molar-refractivity contribution in [2.45, 2.75) is 12.7 Å². The molecule has 3 N–H and O–H groups in total. The van der Waals surface area contributed by atoms with E-state index in [1.807, 2.05) is 0 Å². The van der Waals surface area contributed by atoms with Crippen LogP contribution in [0.1, 0.15) is 11.1 Å². The number of rotatable bonds is 4. The maximum atomic E-state index is 11.8. The Kier molecular flexibility index (Phi) is 3.77. The summed E-state index contributed by atoms with van der Waals surface area (Å²) in [6, 6.07) is 0. The fourth-order valence-electron chi connectivity index (χ4n) is 1.53. The molecule has 0 aliphatic rings. The number of nitrogens with zero attached hydrogens (tertiary/aromatic N) is 1. The minimum absolute atomic E-state index is 0.0780. The van der Waals surface area contributed by atoms with E-state index in [1.54, 1.807) is 0 Å². The van der Waals surface area contributed by atoms with Crippen molar-refractivity contribution in [2.75, 3.05) is 5.32 Å². The molecule has 1 aromatic heterocycles. The highest BCUT2D eigenvalue weighted by Gasteiger charge is 2.20. The van der Waals surface area contributed by atoms with Crippen LogP contribution in [0.3, 0.4) is 0 Å². The van der Waals surface area contributed by atoms with E-state index in [0.717, 1.165) is 4.57 Å². The lowest BCUT2D eigenvalue weighted by Crippen LogP contribution is -2.25. The van der Waals surface area contributed by atoms with Gasteiger partial charge in [0.25, 0.3) is 15.7 Å². The monoisotopic (exact) mass is 276 g/mol. The van der Waals surface area contributed by atoms with Gasteiger partial charge in [-0.15, -0.1) is 0 Å². The molecule has 0 saturated carbocycles. The van der Waals surface area contributed by atoms with Crippen molar-refractivity contribution in [3.8, 4) is 5.88 Å². The largest absolute Gasteiger partial charge is 0.493 e. The van der Waals surface area contributed by atoms with Gasteiger partial charge in [0.1, 0.15) is 11.4 Å². The number of amides is 1. The fourth-order valence-corrected chi connectivity index (χ4v) is 2.23. The van der Waals surface area contributed by atoms with Crippen molar-refractivity contribution in [2.24, 2.45) is 7.05 Å². The Balaban J connectivity index is 3.62. The minimum atomic E-state index is -4.39. The van der Waals surface area contributed by atoms with E-state index in [9.17, 15) is 23.1 Å². The Labute approximate surface area is 103 Å². The number of hydrogen-bond acceptors (Lipinski definition) is 5. The number of aromatic hydroxyl groups is 1. The topological polar surface area (TPSA) is 126 Å². The summed E-state index contributed by atoms with van der Waals surface area (Å²) in [6.45, 7) is 1.35. The fraction of sp³-hybridized carbons (Fsp3) is 0.333. The molecule has 1 amide bonds. The molecule has 0 fully saturated rings. The lowest BCUT2D eigenvalue weighted by Gasteiger charge is -2.14. The van der Waals surface area contributed by atoms with Crippen LogP contribution in [0.15, 0.2) is 4.79 Å². The second-order valence-corrected chi connectivity index (χ2v) is 5.11. The summed E-state index contributed by atoms with van der Waals surface area (Å²) < 4.78 is 31.2. The van der Waals surface area contributed by atoms with Gasteiger partial charge in [-0.1, -0.05) is 0 Å². The summed E-state index contributed by atoms with van der Waals surface area (Å²) >= 11 is 0. The molecule has 0 aliphatic carbocycles. The summed E-state index contributed by atoms with van der Waals surface area (Å²) in [7, 11) is -3.19. The summed E-state index contributed by atoms with van der Waals surface area (Å²) in [5.74, 6) is -1.39. The molecule has 1 rings (SSSR count). The van der Waals surface area contributed by atoms with Crippen LogP contribution in [-0.2, 0) is 27.7 Å². The maximum absolute atomic E-state index is 11.8. The van der Waals surface area contributed by atoms with Crippen LogP contribution in [0, 0.1) is 6.92 Å². The normalized spacial score (nSPS) is 11.3. The molecule has 8 nitrogen and oxygen atoms in total. The molecule has 18 heavy (non-hydrogen) atoms. The molecule has 0 bridgehead atoms. The van der Waals surface area contributed by atoms with E-state index >= 15 is 0 Å². The van der Waals surface area contributed by atoms with Gasteiger partial charge in [-0.05, 0) is 12.5 Å². The molecule has 0 radical (unpaired) electrons. The SMILES string of the molecule is Cc1c(NC=O)c(O)n(C)c(=O)c1CS(=O)(=O)O. The molecular weight excluding hydrogens is 264 g/mol. The average molecular weight is 276 g/mol. The highest BCUT2D eigenvalue weighted by Crippen LogP contribution is 2.26. The van der Waals surface area contributed by atoms with Gasteiger partial charge in [-0.3, -0.25) is 18.7 Å². The number of aromatic nitrogens is 1. The van der Waals surface area contributed by atoms with E-state index in [0.29, 0.717) is 0 Å². The number of nitrogens with one attached hydrogen (secondary N) is 1. The van der Waals surface area contributed by atoms with Gasteiger partial charge in [0.15, 0.2) is 0 Å². The standard InChI is InChI=1S/C9H12N2O6S/c1-5-6(3-18(15,16)17)8(13)11(2)9(14)7(5)10-4-12/h4,14H,3H2,1-2H3,(H,10,12)(H,15,16,17). The smallest absolute Gasteiger partial charge is 0.269 e. The first-order chi connectivity index (χ1) is 8.19. The van der Waals surface area contributed by atoms with Crippen molar-refractivity contribution in [1.82, 2.24) is 4.57 Å². The molecule has 100 valence electrons. The molecular formula is C9H12N2O6S. The summed E-state index contributed by atoms with van der Waals surface area (Å²) in [5.41, 5.74) is -0.979.